The van der Waals surface area contributed by atoms with Crippen LogP contribution in [0.5, 0.6) is 0 Å². The van der Waals surface area contributed by atoms with Gasteiger partial charge in [0.25, 0.3) is 0 Å². The number of furan rings is 2. The molecule has 0 unspecified atom stereocenters. The second kappa shape index (κ2) is 11.0. The smallest absolute Gasteiger partial charge is 0.118 e. The van der Waals surface area contributed by atoms with Gasteiger partial charge in [0.1, 0.15) is 23.0 Å². The van der Waals surface area contributed by atoms with E-state index in [0.717, 1.165) is 47.6 Å². The summed E-state index contributed by atoms with van der Waals surface area (Å²) in [6.45, 7) is 1.73. The molecule has 0 saturated heterocycles. The molecular weight excluding hydrogens is 352 g/mol. The second-order valence-corrected chi connectivity index (χ2v) is 8.88. The van der Waals surface area contributed by atoms with Crippen molar-refractivity contribution in [3.63, 3.8) is 0 Å². The molecule has 0 atom stereocenters. The molecule has 0 aliphatic carbocycles. The van der Waals surface area contributed by atoms with Crippen LogP contribution in [0.2, 0.25) is 0 Å². The van der Waals surface area contributed by atoms with Crippen LogP contribution in [0.25, 0.3) is 0 Å². The summed E-state index contributed by atoms with van der Waals surface area (Å²) < 4.78 is 11.7. The SMILES string of the molecule is CN(C)Cc1ccc(CSCCCSCc2ccc(CN(C)C)o2)o1. The zero-order valence-corrected chi connectivity index (χ0v) is 17.4. The van der Waals surface area contributed by atoms with Gasteiger partial charge < -0.3 is 18.6 Å². The van der Waals surface area contributed by atoms with E-state index in [1.807, 2.05) is 23.5 Å². The van der Waals surface area contributed by atoms with Crippen LogP contribution in [0.1, 0.15) is 29.5 Å². The summed E-state index contributed by atoms with van der Waals surface area (Å²) >= 11 is 3.89. The van der Waals surface area contributed by atoms with Crippen molar-refractivity contribution in [1.29, 1.82) is 0 Å². The van der Waals surface area contributed by atoms with Crippen molar-refractivity contribution in [1.82, 2.24) is 9.80 Å². The molecule has 0 fully saturated rings. The minimum atomic E-state index is 0.865. The summed E-state index contributed by atoms with van der Waals surface area (Å²) in [7, 11) is 8.22. The highest BCUT2D eigenvalue weighted by atomic mass is 32.2. The van der Waals surface area contributed by atoms with E-state index in [2.05, 4.69) is 62.3 Å². The Balaban J connectivity index is 1.52. The number of thioether (sulfide) groups is 2. The third kappa shape index (κ3) is 8.40. The van der Waals surface area contributed by atoms with Gasteiger partial charge in [-0.1, -0.05) is 0 Å². The van der Waals surface area contributed by atoms with Crippen LogP contribution in [0.3, 0.4) is 0 Å². The van der Waals surface area contributed by atoms with Gasteiger partial charge in [0.2, 0.25) is 0 Å². The lowest BCUT2D eigenvalue weighted by atomic mass is 10.4. The molecule has 0 aliphatic heterocycles. The molecule has 4 nitrogen and oxygen atoms in total. The molecule has 0 aliphatic rings. The van der Waals surface area contributed by atoms with Crippen molar-refractivity contribution in [3.8, 4) is 0 Å². The maximum atomic E-state index is 5.83. The van der Waals surface area contributed by atoms with E-state index in [4.69, 9.17) is 8.83 Å². The maximum absolute atomic E-state index is 5.83. The van der Waals surface area contributed by atoms with Gasteiger partial charge in [-0.3, -0.25) is 0 Å². The maximum Gasteiger partial charge on any atom is 0.118 e. The number of nitrogens with zero attached hydrogens (tertiary/aromatic N) is 2. The van der Waals surface area contributed by atoms with Gasteiger partial charge in [-0.25, -0.2) is 0 Å². The van der Waals surface area contributed by atoms with Crippen LogP contribution in [0.4, 0.5) is 0 Å². The van der Waals surface area contributed by atoms with Crippen molar-refractivity contribution in [2.45, 2.75) is 31.0 Å². The first-order valence-electron chi connectivity index (χ1n) is 8.63. The number of rotatable bonds is 12. The molecule has 2 aromatic heterocycles. The summed E-state index contributed by atoms with van der Waals surface area (Å²) in [4.78, 5) is 4.24. The van der Waals surface area contributed by atoms with Crippen LogP contribution in [0.15, 0.2) is 33.1 Å². The molecule has 0 aromatic carbocycles. The van der Waals surface area contributed by atoms with E-state index < -0.39 is 0 Å². The second-order valence-electron chi connectivity index (χ2n) is 6.67. The Morgan fingerprint density at radius 1 is 0.680 bits per heavy atom. The molecule has 0 N–H and O–H groups in total. The third-order valence-electron chi connectivity index (χ3n) is 3.44. The molecule has 0 amide bonds. The predicted octanol–water partition coefficient (Wildman–Crippen LogP) is 4.55. The zero-order valence-electron chi connectivity index (χ0n) is 15.8. The fourth-order valence-electron chi connectivity index (χ4n) is 2.40. The standard InChI is InChI=1S/C19H30N2O2S2/c1-20(2)12-16-6-8-18(22-16)14-24-10-5-11-25-15-19-9-7-17(23-19)13-21(3)4/h6-9H,5,10-15H2,1-4H3. The van der Waals surface area contributed by atoms with Crippen LogP contribution in [-0.4, -0.2) is 49.5 Å². The summed E-state index contributed by atoms with van der Waals surface area (Å²) in [6, 6.07) is 8.37. The fourth-order valence-corrected chi connectivity index (χ4v) is 4.28. The quantitative estimate of drug-likeness (QED) is 0.501. The Hall–Kier alpha value is -0.820. The van der Waals surface area contributed by atoms with Crippen LogP contribution in [-0.2, 0) is 24.6 Å². The Bertz CT molecular complexity index is 556. The average Bonchev–Trinajstić information content (AvgIpc) is 3.15. The molecule has 2 rings (SSSR count). The highest BCUT2D eigenvalue weighted by molar-refractivity contribution is 7.99. The Morgan fingerprint density at radius 3 is 1.48 bits per heavy atom. The highest BCUT2D eigenvalue weighted by Gasteiger charge is 2.05. The highest BCUT2D eigenvalue weighted by Crippen LogP contribution is 2.20. The first-order valence-corrected chi connectivity index (χ1v) is 10.9. The number of hydrogen-bond donors (Lipinski definition) is 0. The van der Waals surface area contributed by atoms with E-state index in [9.17, 15) is 0 Å². The minimum Gasteiger partial charge on any atom is -0.464 e. The first-order chi connectivity index (χ1) is 12.0. The van der Waals surface area contributed by atoms with E-state index in [1.165, 1.54) is 17.9 Å². The Labute approximate surface area is 160 Å². The summed E-state index contributed by atoms with van der Waals surface area (Å²) in [5, 5.41) is 0. The van der Waals surface area contributed by atoms with Gasteiger partial charge in [-0.2, -0.15) is 23.5 Å². The summed E-state index contributed by atoms with van der Waals surface area (Å²) in [5.41, 5.74) is 0. The lowest BCUT2D eigenvalue weighted by molar-refractivity contribution is 0.344. The molecule has 25 heavy (non-hydrogen) atoms. The van der Waals surface area contributed by atoms with Crippen molar-refractivity contribution < 1.29 is 8.83 Å². The Morgan fingerprint density at radius 2 is 1.08 bits per heavy atom. The third-order valence-corrected chi connectivity index (χ3v) is 5.58. The predicted molar refractivity (Wildman–Crippen MR) is 109 cm³/mol. The summed E-state index contributed by atoms with van der Waals surface area (Å²) in [6.07, 6.45) is 1.21. The van der Waals surface area contributed by atoms with Crippen LogP contribution < -0.4 is 0 Å². The minimum absolute atomic E-state index is 0.865. The normalized spacial score (nSPS) is 11.8. The first kappa shape index (κ1) is 20.5. The molecule has 2 heterocycles. The van der Waals surface area contributed by atoms with Gasteiger partial charge >= 0.3 is 0 Å². The van der Waals surface area contributed by atoms with Gasteiger partial charge in [0.05, 0.1) is 24.6 Å². The van der Waals surface area contributed by atoms with Crippen LogP contribution in [0, 0.1) is 0 Å². The van der Waals surface area contributed by atoms with E-state index in [-0.39, 0.29) is 0 Å². The largest absolute Gasteiger partial charge is 0.464 e. The van der Waals surface area contributed by atoms with Gasteiger partial charge in [0.15, 0.2) is 0 Å². The molecular formula is C19H30N2O2S2. The molecule has 0 saturated carbocycles. The molecule has 0 bridgehead atoms. The molecule has 6 heteroatoms. The van der Waals surface area contributed by atoms with Crippen molar-refractivity contribution in [2.24, 2.45) is 0 Å². The lowest BCUT2D eigenvalue weighted by Crippen LogP contribution is -2.09. The molecule has 2 aromatic rings. The Kier molecular flexibility index (Phi) is 9.03. The molecule has 0 spiro atoms. The monoisotopic (exact) mass is 382 g/mol. The van der Waals surface area contributed by atoms with Gasteiger partial charge in [0, 0.05) is 0 Å². The van der Waals surface area contributed by atoms with E-state index >= 15 is 0 Å². The van der Waals surface area contributed by atoms with Crippen molar-refractivity contribution >= 4 is 23.5 Å². The van der Waals surface area contributed by atoms with E-state index in [0.29, 0.717) is 0 Å². The van der Waals surface area contributed by atoms with Crippen LogP contribution >= 0.6 is 23.5 Å². The van der Waals surface area contributed by atoms with Crippen molar-refractivity contribution in [2.75, 3.05) is 39.7 Å². The summed E-state index contributed by atoms with van der Waals surface area (Å²) in [5.74, 6) is 8.51. The zero-order chi connectivity index (χ0) is 18.1. The fraction of sp³-hybridized carbons (Fsp3) is 0.579. The van der Waals surface area contributed by atoms with E-state index in [1.54, 1.807) is 0 Å². The topological polar surface area (TPSA) is 32.8 Å². The average molecular weight is 383 g/mol. The molecule has 0 radical (unpaired) electrons. The van der Waals surface area contributed by atoms with Gasteiger partial charge in [-0.15, -0.1) is 0 Å². The molecule has 140 valence electrons. The van der Waals surface area contributed by atoms with Gasteiger partial charge in [-0.05, 0) is 70.4 Å². The number of hydrogen-bond acceptors (Lipinski definition) is 6. The lowest BCUT2D eigenvalue weighted by Gasteiger charge is -2.06. The van der Waals surface area contributed by atoms with Crippen molar-refractivity contribution in [3.05, 3.63) is 47.3 Å².